The molecule has 8 heteroatoms. The molecule has 7 nitrogen and oxygen atoms in total. The van der Waals surface area contributed by atoms with Gasteiger partial charge in [-0.25, -0.2) is 4.68 Å². The number of piperazine rings is 1. The molecule has 0 radical (unpaired) electrons. The zero-order valence-corrected chi connectivity index (χ0v) is 18.2. The van der Waals surface area contributed by atoms with E-state index in [0.717, 1.165) is 11.3 Å². The summed E-state index contributed by atoms with van der Waals surface area (Å²) in [5.74, 6) is 0.644. The summed E-state index contributed by atoms with van der Waals surface area (Å²) in [7, 11) is 1.62. The molecule has 0 aliphatic carbocycles. The minimum Gasteiger partial charge on any atom is -0.497 e. The smallest absolute Gasteiger partial charge is 0.272 e. The lowest BCUT2D eigenvalue weighted by Gasteiger charge is -2.34. The summed E-state index contributed by atoms with van der Waals surface area (Å²) in [5, 5.41) is 5.27. The van der Waals surface area contributed by atoms with Gasteiger partial charge in [-0.2, -0.15) is 5.10 Å². The van der Waals surface area contributed by atoms with Crippen LogP contribution in [0.3, 0.4) is 0 Å². The molecule has 2 amide bonds. The summed E-state index contributed by atoms with van der Waals surface area (Å²) in [6.07, 6.45) is 0. The molecule has 1 saturated heterocycles. The molecule has 4 rings (SSSR count). The third kappa shape index (κ3) is 4.41. The number of carbonyl (C=O) groups excluding carboxylic acids is 2. The quantitative estimate of drug-likeness (QED) is 0.625. The van der Waals surface area contributed by atoms with Gasteiger partial charge in [0.05, 0.1) is 18.5 Å². The summed E-state index contributed by atoms with van der Waals surface area (Å²) in [4.78, 5) is 28.5. The van der Waals surface area contributed by atoms with E-state index in [0.29, 0.717) is 48.3 Å². The van der Waals surface area contributed by atoms with E-state index < -0.39 is 0 Å². The van der Waals surface area contributed by atoms with Gasteiger partial charge in [0.2, 0.25) is 5.91 Å². The Hall–Kier alpha value is -3.32. The molecule has 0 N–H and O–H groups in total. The Bertz CT molecular complexity index is 1100. The average Bonchev–Trinajstić information content (AvgIpc) is 3.24. The van der Waals surface area contributed by atoms with Gasteiger partial charge in [-0.3, -0.25) is 9.59 Å². The SMILES string of the molecule is COc1ccc(-c2cc(C(=O)N3CCN(C(C)=O)CC3)n(-c3cccc(Cl)c3)n2)cc1. The Morgan fingerprint density at radius 1 is 0.968 bits per heavy atom. The van der Waals surface area contributed by atoms with Crippen LogP contribution in [-0.4, -0.2) is 64.7 Å². The first kappa shape index (κ1) is 20.9. The Morgan fingerprint density at radius 2 is 1.65 bits per heavy atom. The van der Waals surface area contributed by atoms with Crippen molar-refractivity contribution in [2.45, 2.75) is 6.92 Å². The molecule has 0 unspecified atom stereocenters. The first-order chi connectivity index (χ1) is 15.0. The Kier molecular flexibility index (Phi) is 5.95. The van der Waals surface area contributed by atoms with Gasteiger partial charge in [0.25, 0.3) is 5.91 Å². The summed E-state index contributed by atoms with van der Waals surface area (Å²) in [6, 6.07) is 16.6. The van der Waals surface area contributed by atoms with Crippen molar-refractivity contribution in [1.29, 1.82) is 0 Å². The van der Waals surface area contributed by atoms with Crippen molar-refractivity contribution >= 4 is 23.4 Å². The van der Waals surface area contributed by atoms with Crippen LogP contribution >= 0.6 is 11.6 Å². The monoisotopic (exact) mass is 438 g/mol. The average molecular weight is 439 g/mol. The Balaban J connectivity index is 1.70. The van der Waals surface area contributed by atoms with Gasteiger partial charge in [-0.15, -0.1) is 0 Å². The molecule has 1 aliphatic rings. The zero-order chi connectivity index (χ0) is 22.0. The van der Waals surface area contributed by atoms with Crippen LogP contribution in [0.2, 0.25) is 5.02 Å². The number of nitrogens with zero attached hydrogens (tertiary/aromatic N) is 4. The van der Waals surface area contributed by atoms with E-state index in [-0.39, 0.29) is 11.8 Å². The molecule has 2 heterocycles. The van der Waals surface area contributed by atoms with Crippen molar-refractivity contribution in [2.24, 2.45) is 0 Å². The Labute approximate surface area is 185 Å². The molecule has 2 aromatic carbocycles. The lowest BCUT2D eigenvalue weighted by Crippen LogP contribution is -2.50. The number of carbonyl (C=O) groups is 2. The van der Waals surface area contributed by atoms with Crippen molar-refractivity contribution in [2.75, 3.05) is 33.3 Å². The lowest BCUT2D eigenvalue weighted by atomic mass is 10.1. The van der Waals surface area contributed by atoms with E-state index in [2.05, 4.69) is 0 Å². The van der Waals surface area contributed by atoms with Crippen LogP contribution in [0.1, 0.15) is 17.4 Å². The third-order valence-corrected chi connectivity index (χ3v) is 5.61. The molecule has 3 aromatic rings. The molecule has 0 saturated carbocycles. The molecule has 160 valence electrons. The van der Waals surface area contributed by atoms with Gasteiger partial charge < -0.3 is 14.5 Å². The Morgan fingerprint density at radius 3 is 2.26 bits per heavy atom. The molecule has 31 heavy (non-hydrogen) atoms. The highest BCUT2D eigenvalue weighted by Gasteiger charge is 2.27. The number of rotatable bonds is 4. The summed E-state index contributed by atoms with van der Waals surface area (Å²) in [5.41, 5.74) is 2.70. The van der Waals surface area contributed by atoms with Crippen LogP contribution in [-0.2, 0) is 4.79 Å². The van der Waals surface area contributed by atoms with E-state index in [1.165, 1.54) is 0 Å². The summed E-state index contributed by atoms with van der Waals surface area (Å²) in [6.45, 7) is 3.57. The minimum atomic E-state index is -0.129. The standard InChI is InChI=1S/C23H23ClN4O3/c1-16(29)26-10-12-27(13-11-26)23(30)22-15-21(17-6-8-20(31-2)9-7-17)25-28(22)19-5-3-4-18(24)14-19/h3-9,14-15H,10-13H2,1-2H3. The second kappa shape index (κ2) is 8.81. The predicted molar refractivity (Wildman–Crippen MR) is 119 cm³/mol. The number of hydrogen-bond donors (Lipinski definition) is 0. The van der Waals surface area contributed by atoms with Crippen molar-refractivity contribution in [3.63, 3.8) is 0 Å². The molecule has 0 spiro atoms. The van der Waals surface area contributed by atoms with Gasteiger partial charge in [0.1, 0.15) is 11.4 Å². The van der Waals surface area contributed by atoms with Gasteiger partial charge in [0, 0.05) is 43.7 Å². The minimum absolute atomic E-state index is 0.0258. The highest BCUT2D eigenvalue weighted by Crippen LogP contribution is 2.26. The first-order valence-electron chi connectivity index (χ1n) is 10.0. The van der Waals surface area contributed by atoms with Crippen LogP contribution in [0, 0.1) is 0 Å². The number of aromatic nitrogens is 2. The topological polar surface area (TPSA) is 67.7 Å². The van der Waals surface area contributed by atoms with Gasteiger partial charge in [0.15, 0.2) is 0 Å². The highest BCUT2D eigenvalue weighted by molar-refractivity contribution is 6.30. The fourth-order valence-corrected chi connectivity index (χ4v) is 3.81. The second-order valence-corrected chi connectivity index (χ2v) is 7.77. The number of hydrogen-bond acceptors (Lipinski definition) is 4. The zero-order valence-electron chi connectivity index (χ0n) is 17.4. The van der Waals surface area contributed by atoms with Crippen LogP contribution in [0.4, 0.5) is 0 Å². The molecular formula is C23H23ClN4O3. The number of halogens is 1. The fraction of sp³-hybridized carbons (Fsp3) is 0.261. The van der Waals surface area contributed by atoms with Crippen molar-refractivity contribution in [1.82, 2.24) is 19.6 Å². The van der Waals surface area contributed by atoms with Crippen LogP contribution in [0.15, 0.2) is 54.6 Å². The predicted octanol–water partition coefficient (Wildman–Crippen LogP) is 3.51. The van der Waals surface area contributed by atoms with Crippen molar-refractivity contribution < 1.29 is 14.3 Å². The van der Waals surface area contributed by atoms with Crippen molar-refractivity contribution in [3.8, 4) is 22.7 Å². The highest BCUT2D eigenvalue weighted by atomic mass is 35.5. The molecule has 0 atom stereocenters. The number of ether oxygens (including phenoxy) is 1. The largest absolute Gasteiger partial charge is 0.497 e. The summed E-state index contributed by atoms with van der Waals surface area (Å²) >= 11 is 6.19. The van der Waals surface area contributed by atoms with Crippen LogP contribution < -0.4 is 4.74 Å². The number of methoxy groups -OCH3 is 1. The fourth-order valence-electron chi connectivity index (χ4n) is 3.63. The summed E-state index contributed by atoms with van der Waals surface area (Å²) < 4.78 is 6.86. The van der Waals surface area contributed by atoms with Crippen molar-refractivity contribution in [3.05, 3.63) is 65.3 Å². The molecule has 1 aliphatic heterocycles. The van der Waals surface area contributed by atoms with E-state index in [9.17, 15) is 9.59 Å². The molecule has 0 bridgehead atoms. The molecule has 1 aromatic heterocycles. The van der Waals surface area contributed by atoms with E-state index in [1.807, 2.05) is 36.4 Å². The lowest BCUT2D eigenvalue weighted by molar-refractivity contribution is -0.130. The second-order valence-electron chi connectivity index (χ2n) is 7.33. The maximum absolute atomic E-state index is 13.4. The first-order valence-corrected chi connectivity index (χ1v) is 10.4. The molecular weight excluding hydrogens is 416 g/mol. The van der Waals surface area contributed by atoms with E-state index in [1.54, 1.807) is 46.7 Å². The van der Waals surface area contributed by atoms with Gasteiger partial charge in [-0.1, -0.05) is 17.7 Å². The van der Waals surface area contributed by atoms with Crippen LogP contribution in [0.25, 0.3) is 16.9 Å². The third-order valence-electron chi connectivity index (χ3n) is 5.38. The van der Waals surface area contributed by atoms with Gasteiger partial charge in [-0.05, 0) is 48.5 Å². The van der Waals surface area contributed by atoms with Crippen LogP contribution in [0.5, 0.6) is 5.75 Å². The normalized spacial score (nSPS) is 13.9. The number of benzene rings is 2. The maximum atomic E-state index is 13.4. The van der Waals surface area contributed by atoms with E-state index in [4.69, 9.17) is 21.4 Å². The van der Waals surface area contributed by atoms with Gasteiger partial charge >= 0.3 is 0 Å². The number of amides is 2. The molecule has 1 fully saturated rings. The van der Waals surface area contributed by atoms with E-state index >= 15 is 0 Å². The maximum Gasteiger partial charge on any atom is 0.272 e.